The summed E-state index contributed by atoms with van der Waals surface area (Å²) in [5, 5.41) is 15.8. The minimum absolute atomic E-state index is 0.702. The molecule has 2 heterocycles. The first-order valence-electron chi connectivity index (χ1n) is 6.56. The fourth-order valence-electron chi connectivity index (χ4n) is 1.93. The molecule has 0 saturated carbocycles. The van der Waals surface area contributed by atoms with E-state index in [0.717, 1.165) is 24.5 Å². The number of para-hydroxylation sites is 1. The summed E-state index contributed by atoms with van der Waals surface area (Å²) in [5.41, 5.74) is 1.94. The molecule has 0 saturated heterocycles. The maximum absolute atomic E-state index is 4.16. The standard InChI is InChI=1S/C14H16N6/c1-2-5-14(6-3-1)20-12-13(17-18-20)11-15-8-10-19-9-4-7-16-19/h1-7,9,12,15H,8,10-11H2. The van der Waals surface area contributed by atoms with E-state index in [0.29, 0.717) is 6.54 Å². The van der Waals surface area contributed by atoms with Gasteiger partial charge in [0.1, 0.15) is 0 Å². The Bertz CT molecular complexity index is 629. The molecule has 0 fully saturated rings. The Balaban J connectivity index is 1.50. The van der Waals surface area contributed by atoms with Crippen LogP contribution in [0.3, 0.4) is 0 Å². The number of aromatic nitrogens is 5. The molecule has 0 atom stereocenters. The number of rotatable bonds is 6. The van der Waals surface area contributed by atoms with Crippen LogP contribution in [0.2, 0.25) is 0 Å². The van der Waals surface area contributed by atoms with E-state index in [1.54, 1.807) is 10.9 Å². The summed E-state index contributed by atoms with van der Waals surface area (Å²) in [5.74, 6) is 0. The topological polar surface area (TPSA) is 60.6 Å². The number of hydrogen-bond donors (Lipinski definition) is 1. The summed E-state index contributed by atoms with van der Waals surface area (Å²) < 4.78 is 3.68. The average molecular weight is 268 g/mol. The van der Waals surface area contributed by atoms with E-state index in [2.05, 4.69) is 20.7 Å². The molecule has 6 nitrogen and oxygen atoms in total. The molecule has 0 amide bonds. The highest BCUT2D eigenvalue weighted by molar-refractivity contribution is 5.29. The van der Waals surface area contributed by atoms with Crippen molar-refractivity contribution >= 4 is 0 Å². The van der Waals surface area contributed by atoms with Gasteiger partial charge >= 0.3 is 0 Å². The molecule has 0 bridgehead atoms. The lowest BCUT2D eigenvalue weighted by molar-refractivity contribution is 0.551. The molecule has 20 heavy (non-hydrogen) atoms. The number of nitrogens with zero attached hydrogens (tertiary/aromatic N) is 5. The molecule has 0 aliphatic heterocycles. The van der Waals surface area contributed by atoms with E-state index in [4.69, 9.17) is 0 Å². The molecule has 1 aromatic carbocycles. The van der Waals surface area contributed by atoms with Gasteiger partial charge in [0.25, 0.3) is 0 Å². The Morgan fingerprint density at radius 1 is 1.10 bits per heavy atom. The second kappa shape index (κ2) is 6.12. The van der Waals surface area contributed by atoms with Gasteiger partial charge < -0.3 is 5.32 Å². The maximum atomic E-state index is 4.16. The Morgan fingerprint density at radius 2 is 2.00 bits per heavy atom. The zero-order chi connectivity index (χ0) is 13.6. The van der Waals surface area contributed by atoms with Gasteiger partial charge in [-0.15, -0.1) is 5.10 Å². The van der Waals surface area contributed by atoms with Gasteiger partial charge in [-0.05, 0) is 18.2 Å². The lowest BCUT2D eigenvalue weighted by Gasteiger charge is -2.02. The zero-order valence-electron chi connectivity index (χ0n) is 11.1. The van der Waals surface area contributed by atoms with Crippen LogP contribution in [0.25, 0.3) is 5.69 Å². The summed E-state index contributed by atoms with van der Waals surface area (Å²) in [4.78, 5) is 0. The quantitative estimate of drug-likeness (QED) is 0.684. The van der Waals surface area contributed by atoms with Crippen molar-refractivity contribution in [3.63, 3.8) is 0 Å². The number of nitrogens with one attached hydrogen (secondary N) is 1. The van der Waals surface area contributed by atoms with E-state index in [1.807, 2.05) is 53.5 Å². The first-order chi connectivity index (χ1) is 9.92. The fourth-order valence-corrected chi connectivity index (χ4v) is 1.93. The van der Waals surface area contributed by atoms with Crippen molar-refractivity contribution in [2.75, 3.05) is 6.54 Å². The molecule has 3 rings (SSSR count). The first kappa shape index (κ1) is 12.6. The van der Waals surface area contributed by atoms with Crippen molar-refractivity contribution < 1.29 is 0 Å². The average Bonchev–Trinajstić information content (AvgIpc) is 3.16. The first-order valence-corrected chi connectivity index (χ1v) is 6.56. The number of benzene rings is 1. The van der Waals surface area contributed by atoms with Gasteiger partial charge in [0, 0.05) is 25.5 Å². The van der Waals surface area contributed by atoms with Gasteiger partial charge in [0.15, 0.2) is 0 Å². The Hall–Kier alpha value is -2.47. The van der Waals surface area contributed by atoms with Crippen LogP contribution >= 0.6 is 0 Å². The molecule has 0 spiro atoms. The van der Waals surface area contributed by atoms with Crippen molar-refractivity contribution in [1.29, 1.82) is 0 Å². The molecule has 3 aromatic rings. The molecule has 2 aromatic heterocycles. The van der Waals surface area contributed by atoms with Crippen molar-refractivity contribution in [3.05, 3.63) is 60.7 Å². The summed E-state index contributed by atoms with van der Waals surface area (Å²) in [6, 6.07) is 11.9. The van der Waals surface area contributed by atoms with E-state index >= 15 is 0 Å². The predicted molar refractivity (Wildman–Crippen MR) is 75.3 cm³/mol. The summed E-state index contributed by atoms with van der Waals surface area (Å²) in [6.45, 7) is 2.40. The van der Waals surface area contributed by atoms with Crippen molar-refractivity contribution in [3.8, 4) is 5.69 Å². The van der Waals surface area contributed by atoms with Crippen molar-refractivity contribution in [2.45, 2.75) is 13.1 Å². The van der Waals surface area contributed by atoms with Crippen LogP contribution in [0.5, 0.6) is 0 Å². The van der Waals surface area contributed by atoms with Crippen LogP contribution in [0.4, 0.5) is 0 Å². The smallest absolute Gasteiger partial charge is 0.0969 e. The lowest BCUT2D eigenvalue weighted by Crippen LogP contribution is -2.19. The number of hydrogen-bond acceptors (Lipinski definition) is 4. The van der Waals surface area contributed by atoms with Crippen LogP contribution in [0, 0.1) is 0 Å². The van der Waals surface area contributed by atoms with Crippen LogP contribution in [-0.2, 0) is 13.1 Å². The van der Waals surface area contributed by atoms with Crippen molar-refractivity contribution in [1.82, 2.24) is 30.1 Å². The molecule has 0 aliphatic carbocycles. The predicted octanol–water partition coefficient (Wildman–Crippen LogP) is 1.25. The largest absolute Gasteiger partial charge is 0.309 e. The molecule has 6 heteroatoms. The summed E-state index contributed by atoms with van der Waals surface area (Å²) in [7, 11) is 0. The second-order valence-electron chi connectivity index (χ2n) is 4.44. The van der Waals surface area contributed by atoms with Gasteiger partial charge in [-0.3, -0.25) is 4.68 Å². The third-order valence-corrected chi connectivity index (χ3v) is 2.94. The molecule has 0 radical (unpaired) electrons. The van der Waals surface area contributed by atoms with Gasteiger partial charge in [0.05, 0.1) is 24.1 Å². The minimum atomic E-state index is 0.702. The van der Waals surface area contributed by atoms with Crippen molar-refractivity contribution in [2.24, 2.45) is 0 Å². The van der Waals surface area contributed by atoms with Crippen LogP contribution in [-0.4, -0.2) is 31.3 Å². The summed E-state index contributed by atoms with van der Waals surface area (Å²) in [6.07, 6.45) is 5.68. The third kappa shape index (κ3) is 3.10. The van der Waals surface area contributed by atoms with Gasteiger partial charge in [-0.25, -0.2) is 4.68 Å². The fraction of sp³-hybridized carbons (Fsp3) is 0.214. The Kier molecular flexibility index (Phi) is 3.84. The highest BCUT2D eigenvalue weighted by Gasteiger charge is 2.01. The third-order valence-electron chi connectivity index (χ3n) is 2.94. The molecule has 102 valence electrons. The van der Waals surface area contributed by atoms with Gasteiger partial charge in [-0.1, -0.05) is 23.4 Å². The van der Waals surface area contributed by atoms with Crippen LogP contribution < -0.4 is 5.32 Å². The SMILES string of the molecule is c1ccc(-n2cc(CNCCn3cccn3)nn2)cc1. The van der Waals surface area contributed by atoms with Crippen LogP contribution in [0.15, 0.2) is 55.0 Å². The Labute approximate surface area is 117 Å². The molecule has 0 aliphatic rings. The van der Waals surface area contributed by atoms with E-state index in [9.17, 15) is 0 Å². The minimum Gasteiger partial charge on any atom is -0.309 e. The van der Waals surface area contributed by atoms with E-state index in [-0.39, 0.29) is 0 Å². The van der Waals surface area contributed by atoms with Gasteiger partial charge in [-0.2, -0.15) is 5.10 Å². The monoisotopic (exact) mass is 268 g/mol. The van der Waals surface area contributed by atoms with E-state index < -0.39 is 0 Å². The van der Waals surface area contributed by atoms with E-state index in [1.165, 1.54) is 0 Å². The van der Waals surface area contributed by atoms with Gasteiger partial charge in [0.2, 0.25) is 0 Å². The Morgan fingerprint density at radius 3 is 2.80 bits per heavy atom. The highest BCUT2D eigenvalue weighted by atomic mass is 15.4. The van der Waals surface area contributed by atoms with Crippen LogP contribution in [0.1, 0.15) is 5.69 Å². The maximum Gasteiger partial charge on any atom is 0.0969 e. The highest BCUT2D eigenvalue weighted by Crippen LogP contribution is 2.05. The molecular weight excluding hydrogens is 252 g/mol. The second-order valence-corrected chi connectivity index (χ2v) is 4.44. The summed E-state index contributed by atoms with van der Waals surface area (Å²) >= 11 is 0. The lowest BCUT2D eigenvalue weighted by atomic mass is 10.3. The molecule has 0 unspecified atom stereocenters. The normalized spacial score (nSPS) is 10.8. The zero-order valence-corrected chi connectivity index (χ0v) is 11.1. The molecular formula is C14H16N6. The molecule has 1 N–H and O–H groups in total.